The van der Waals surface area contributed by atoms with Crippen LogP contribution in [-0.4, -0.2) is 5.78 Å². The lowest BCUT2D eigenvalue weighted by molar-refractivity contribution is 0.0950. The van der Waals surface area contributed by atoms with Gasteiger partial charge in [0.05, 0.1) is 14.1 Å². The molecule has 0 radical (unpaired) electrons. The van der Waals surface area contributed by atoms with Gasteiger partial charge in [0, 0.05) is 0 Å². The van der Waals surface area contributed by atoms with E-state index in [0.717, 1.165) is 27.1 Å². The molecule has 86 valence electrons. The summed E-state index contributed by atoms with van der Waals surface area (Å²) < 4.78 is 1.02. The molecule has 1 nitrogen and oxygen atoms in total. The summed E-state index contributed by atoms with van der Waals surface area (Å²) in [7, 11) is 0. The lowest BCUT2D eigenvalue weighted by Crippen LogP contribution is -2.19. The van der Waals surface area contributed by atoms with Crippen molar-refractivity contribution in [3.63, 3.8) is 0 Å². The van der Waals surface area contributed by atoms with Crippen LogP contribution in [0.3, 0.4) is 0 Å². The molecule has 2 aromatic rings. The van der Waals surface area contributed by atoms with E-state index in [0.29, 0.717) is 0 Å². The van der Waals surface area contributed by atoms with Crippen molar-refractivity contribution in [3.8, 4) is 0 Å². The minimum atomic E-state index is -0.231. The fraction of sp³-hybridized carbons (Fsp3) is 0.214. The van der Waals surface area contributed by atoms with E-state index < -0.39 is 0 Å². The summed E-state index contributed by atoms with van der Waals surface area (Å²) in [5, 5.41) is 0. The lowest BCUT2D eigenvalue weighted by Gasteiger charge is -2.12. The Morgan fingerprint density at radius 1 is 1.12 bits per heavy atom. The van der Waals surface area contributed by atoms with Crippen molar-refractivity contribution in [2.45, 2.75) is 18.3 Å². The molecular weight excluding hydrogens is 296 g/mol. The zero-order valence-corrected chi connectivity index (χ0v) is 11.6. The molecule has 1 aliphatic rings. The van der Waals surface area contributed by atoms with E-state index in [4.69, 9.17) is 0 Å². The molecular formula is C14H11BrOS. The molecule has 3 heteroatoms. The van der Waals surface area contributed by atoms with Gasteiger partial charge in [0.25, 0.3) is 0 Å². The van der Waals surface area contributed by atoms with E-state index in [1.165, 1.54) is 11.3 Å². The Morgan fingerprint density at radius 2 is 1.82 bits per heavy atom. The Kier molecular flexibility index (Phi) is 2.68. The van der Waals surface area contributed by atoms with E-state index in [2.05, 4.69) is 28.1 Å². The Morgan fingerprint density at radius 3 is 2.35 bits per heavy atom. The third-order valence-electron chi connectivity index (χ3n) is 3.31. The molecule has 17 heavy (non-hydrogen) atoms. The second-order valence-electron chi connectivity index (χ2n) is 4.38. The number of halogens is 1. The maximum absolute atomic E-state index is 12.5. The van der Waals surface area contributed by atoms with E-state index in [1.807, 2.05) is 30.3 Å². The number of thiophene rings is 1. The Hall–Kier alpha value is -0.930. The van der Waals surface area contributed by atoms with E-state index in [9.17, 15) is 4.79 Å². The van der Waals surface area contributed by atoms with Gasteiger partial charge in [-0.1, -0.05) is 30.3 Å². The zero-order chi connectivity index (χ0) is 11.9. The number of rotatable bonds is 3. The number of carbonyl (C=O) groups is 1. The fourth-order valence-corrected chi connectivity index (χ4v) is 3.63. The highest BCUT2D eigenvalue weighted by atomic mass is 79.9. The smallest absolute Gasteiger partial charge is 0.183 e. The van der Waals surface area contributed by atoms with Crippen LogP contribution < -0.4 is 0 Å². The molecule has 0 spiro atoms. The predicted octanol–water partition coefficient (Wildman–Crippen LogP) is 4.43. The summed E-state index contributed by atoms with van der Waals surface area (Å²) in [5.41, 5.74) is 0.931. The number of carbonyl (C=O) groups excluding carboxylic acids is 1. The van der Waals surface area contributed by atoms with Crippen LogP contribution in [0, 0.1) is 0 Å². The molecule has 0 amide bonds. The SMILES string of the molecule is O=C(c1ccc(Br)s1)C1(c2ccccc2)CC1. The second kappa shape index (κ2) is 4.07. The summed E-state index contributed by atoms with van der Waals surface area (Å²) in [4.78, 5) is 13.4. The van der Waals surface area contributed by atoms with E-state index in [1.54, 1.807) is 0 Å². The normalized spacial score (nSPS) is 16.8. The average molecular weight is 307 g/mol. The van der Waals surface area contributed by atoms with Gasteiger partial charge in [-0.25, -0.2) is 0 Å². The van der Waals surface area contributed by atoms with Gasteiger partial charge in [0.1, 0.15) is 0 Å². The van der Waals surface area contributed by atoms with Gasteiger partial charge in [0.15, 0.2) is 5.78 Å². The van der Waals surface area contributed by atoms with Crippen LogP contribution in [0.5, 0.6) is 0 Å². The third kappa shape index (κ3) is 1.87. The van der Waals surface area contributed by atoms with Crippen molar-refractivity contribution in [2.75, 3.05) is 0 Å². The number of benzene rings is 1. The Labute approximate surface area is 113 Å². The number of Topliss-reactive ketones (excluding diaryl/α,β-unsaturated/α-hetero) is 1. The first kappa shape index (κ1) is 11.2. The largest absolute Gasteiger partial charge is 0.292 e. The summed E-state index contributed by atoms with van der Waals surface area (Å²) in [5.74, 6) is 0.277. The molecule has 1 aliphatic carbocycles. The Balaban J connectivity index is 1.97. The van der Waals surface area contributed by atoms with E-state index in [-0.39, 0.29) is 11.2 Å². The number of hydrogen-bond donors (Lipinski definition) is 0. The topological polar surface area (TPSA) is 17.1 Å². The van der Waals surface area contributed by atoms with Crippen LogP contribution in [-0.2, 0) is 5.41 Å². The molecule has 0 saturated heterocycles. The first-order chi connectivity index (χ1) is 8.22. The maximum Gasteiger partial charge on any atom is 0.183 e. The average Bonchev–Trinajstić information content (AvgIpc) is 3.07. The van der Waals surface area contributed by atoms with Gasteiger partial charge in [-0.05, 0) is 46.5 Å². The molecule has 0 N–H and O–H groups in total. The van der Waals surface area contributed by atoms with Gasteiger partial charge >= 0.3 is 0 Å². The predicted molar refractivity (Wildman–Crippen MR) is 73.7 cm³/mol. The molecule has 0 atom stereocenters. The van der Waals surface area contributed by atoms with Gasteiger partial charge < -0.3 is 0 Å². The summed E-state index contributed by atoms with van der Waals surface area (Å²) in [6.07, 6.45) is 1.96. The minimum absolute atomic E-state index is 0.231. The highest BCUT2D eigenvalue weighted by Gasteiger charge is 2.51. The zero-order valence-electron chi connectivity index (χ0n) is 9.15. The quantitative estimate of drug-likeness (QED) is 0.767. The maximum atomic E-state index is 12.5. The van der Waals surface area contributed by atoms with Crippen molar-refractivity contribution in [1.29, 1.82) is 0 Å². The highest BCUT2D eigenvalue weighted by molar-refractivity contribution is 9.11. The second-order valence-corrected chi connectivity index (χ2v) is 6.84. The molecule has 0 unspecified atom stereocenters. The van der Waals surface area contributed by atoms with Crippen LogP contribution in [0.25, 0.3) is 0 Å². The van der Waals surface area contributed by atoms with Crippen molar-refractivity contribution < 1.29 is 4.79 Å². The Bertz CT molecular complexity index is 555. The number of ketones is 1. The summed E-state index contributed by atoms with van der Waals surface area (Å²) >= 11 is 4.93. The highest BCUT2D eigenvalue weighted by Crippen LogP contribution is 2.51. The monoisotopic (exact) mass is 306 g/mol. The summed E-state index contributed by atoms with van der Waals surface area (Å²) in [6, 6.07) is 14.0. The fourth-order valence-electron chi connectivity index (χ4n) is 2.20. The van der Waals surface area contributed by atoms with Crippen LogP contribution in [0.2, 0.25) is 0 Å². The molecule has 1 heterocycles. The van der Waals surface area contributed by atoms with Crippen molar-refractivity contribution in [2.24, 2.45) is 0 Å². The van der Waals surface area contributed by atoms with Crippen LogP contribution in [0.15, 0.2) is 46.3 Å². The first-order valence-corrected chi connectivity index (χ1v) is 7.19. The summed E-state index contributed by atoms with van der Waals surface area (Å²) in [6.45, 7) is 0. The standard InChI is InChI=1S/C14H11BrOS/c15-12-7-6-11(17-12)13(16)14(8-9-14)10-4-2-1-3-5-10/h1-7H,8-9H2. The van der Waals surface area contributed by atoms with Crippen molar-refractivity contribution in [1.82, 2.24) is 0 Å². The molecule has 3 rings (SSSR count). The lowest BCUT2D eigenvalue weighted by atomic mass is 9.90. The molecule has 0 bridgehead atoms. The third-order valence-corrected chi connectivity index (χ3v) is 4.93. The van der Waals surface area contributed by atoms with Crippen molar-refractivity contribution in [3.05, 3.63) is 56.7 Å². The van der Waals surface area contributed by atoms with Gasteiger partial charge in [-0.2, -0.15) is 0 Å². The van der Waals surface area contributed by atoms with Gasteiger partial charge in [-0.15, -0.1) is 11.3 Å². The van der Waals surface area contributed by atoms with Crippen LogP contribution in [0.4, 0.5) is 0 Å². The molecule has 1 aromatic carbocycles. The van der Waals surface area contributed by atoms with Crippen molar-refractivity contribution >= 4 is 33.0 Å². The van der Waals surface area contributed by atoms with Gasteiger partial charge in [-0.3, -0.25) is 4.79 Å². The van der Waals surface area contributed by atoms with Crippen LogP contribution >= 0.6 is 27.3 Å². The number of hydrogen-bond acceptors (Lipinski definition) is 2. The minimum Gasteiger partial charge on any atom is -0.292 e. The molecule has 1 aromatic heterocycles. The van der Waals surface area contributed by atoms with Gasteiger partial charge in [0.2, 0.25) is 0 Å². The first-order valence-electron chi connectivity index (χ1n) is 5.58. The van der Waals surface area contributed by atoms with Crippen LogP contribution in [0.1, 0.15) is 28.1 Å². The molecule has 0 aliphatic heterocycles. The van der Waals surface area contributed by atoms with E-state index >= 15 is 0 Å². The molecule has 1 fully saturated rings. The molecule has 1 saturated carbocycles.